The van der Waals surface area contributed by atoms with Crippen LogP contribution in [0.4, 0.5) is 0 Å². The minimum Gasteiger partial charge on any atom is -0.469 e. The Morgan fingerprint density at radius 2 is 2.12 bits per heavy atom. The van der Waals surface area contributed by atoms with Crippen LogP contribution in [0.15, 0.2) is 28.2 Å². The number of hydrogen-bond donors (Lipinski definition) is 1. The summed E-state index contributed by atoms with van der Waals surface area (Å²) in [7, 11) is 0. The standard InChI is InChI=1S/C14H19NOS/c1-4-5-15-14(12-6-10(2)16-8-12)13-7-11(3)17-9-13/h6-9,14-15H,4-5H2,1-3H3. The molecule has 0 aromatic carbocycles. The van der Waals surface area contributed by atoms with Crippen molar-refractivity contribution in [1.82, 2.24) is 5.32 Å². The first-order chi connectivity index (χ1) is 8.20. The molecule has 0 aliphatic rings. The smallest absolute Gasteiger partial charge is 0.101 e. The minimum atomic E-state index is 0.261. The van der Waals surface area contributed by atoms with E-state index in [1.807, 2.05) is 13.2 Å². The van der Waals surface area contributed by atoms with Crippen molar-refractivity contribution in [3.05, 3.63) is 45.5 Å². The third-order valence-corrected chi connectivity index (χ3v) is 3.65. The molecule has 92 valence electrons. The highest BCUT2D eigenvalue weighted by Gasteiger charge is 2.16. The summed E-state index contributed by atoms with van der Waals surface area (Å²) < 4.78 is 5.42. The number of furan rings is 1. The van der Waals surface area contributed by atoms with Crippen molar-refractivity contribution in [3.8, 4) is 0 Å². The maximum atomic E-state index is 5.42. The first-order valence-electron chi connectivity index (χ1n) is 6.04. The number of nitrogens with one attached hydrogen (secondary N) is 1. The Bertz CT molecular complexity index is 432. The van der Waals surface area contributed by atoms with E-state index in [0.717, 1.165) is 18.7 Å². The van der Waals surface area contributed by atoms with Crippen LogP contribution in [0.25, 0.3) is 0 Å². The lowest BCUT2D eigenvalue weighted by Gasteiger charge is -2.15. The van der Waals surface area contributed by atoms with E-state index in [2.05, 4.69) is 36.7 Å². The van der Waals surface area contributed by atoms with E-state index in [-0.39, 0.29) is 6.04 Å². The molecule has 1 atom stereocenters. The van der Waals surface area contributed by atoms with Gasteiger partial charge in [-0.2, -0.15) is 0 Å². The summed E-state index contributed by atoms with van der Waals surface area (Å²) in [5.74, 6) is 0.968. The Morgan fingerprint density at radius 3 is 2.65 bits per heavy atom. The molecule has 0 aliphatic heterocycles. The zero-order valence-corrected chi connectivity index (χ0v) is 11.4. The van der Waals surface area contributed by atoms with Gasteiger partial charge in [-0.1, -0.05) is 6.92 Å². The Balaban J connectivity index is 2.24. The van der Waals surface area contributed by atoms with Gasteiger partial charge in [0.25, 0.3) is 0 Å². The Morgan fingerprint density at radius 1 is 1.29 bits per heavy atom. The van der Waals surface area contributed by atoms with Crippen LogP contribution in [0.5, 0.6) is 0 Å². The van der Waals surface area contributed by atoms with Crippen LogP contribution >= 0.6 is 11.3 Å². The third-order valence-electron chi connectivity index (χ3n) is 2.77. The molecular formula is C14H19NOS. The molecule has 2 aromatic rings. The monoisotopic (exact) mass is 249 g/mol. The summed E-state index contributed by atoms with van der Waals surface area (Å²) in [6.07, 6.45) is 2.99. The van der Waals surface area contributed by atoms with Gasteiger partial charge in [-0.05, 0) is 49.9 Å². The fraction of sp³-hybridized carbons (Fsp3) is 0.429. The lowest BCUT2D eigenvalue weighted by molar-refractivity contribution is 0.524. The average Bonchev–Trinajstić information content (AvgIpc) is 2.89. The number of hydrogen-bond acceptors (Lipinski definition) is 3. The number of rotatable bonds is 5. The molecule has 0 saturated heterocycles. The highest BCUT2D eigenvalue weighted by atomic mass is 32.1. The van der Waals surface area contributed by atoms with Crippen molar-refractivity contribution in [2.24, 2.45) is 0 Å². The summed E-state index contributed by atoms with van der Waals surface area (Å²) in [5, 5.41) is 5.80. The quantitative estimate of drug-likeness (QED) is 0.865. The normalized spacial score (nSPS) is 12.9. The van der Waals surface area contributed by atoms with Crippen LogP contribution in [0, 0.1) is 13.8 Å². The van der Waals surface area contributed by atoms with Gasteiger partial charge in [-0.15, -0.1) is 11.3 Å². The molecule has 1 unspecified atom stereocenters. The van der Waals surface area contributed by atoms with E-state index >= 15 is 0 Å². The van der Waals surface area contributed by atoms with Crippen LogP contribution in [0.2, 0.25) is 0 Å². The van der Waals surface area contributed by atoms with Crippen molar-refractivity contribution < 1.29 is 4.42 Å². The van der Waals surface area contributed by atoms with Gasteiger partial charge in [0.15, 0.2) is 0 Å². The first kappa shape index (κ1) is 12.4. The second kappa shape index (κ2) is 5.52. The highest BCUT2D eigenvalue weighted by molar-refractivity contribution is 7.10. The molecule has 0 bridgehead atoms. The van der Waals surface area contributed by atoms with Gasteiger partial charge in [0.1, 0.15) is 5.76 Å². The van der Waals surface area contributed by atoms with Crippen molar-refractivity contribution >= 4 is 11.3 Å². The molecule has 0 fully saturated rings. The number of thiophene rings is 1. The van der Waals surface area contributed by atoms with Gasteiger partial charge in [-0.3, -0.25) is 0 Å². The SMILES string of the molecule is CCCNC(c1coc(C)c1)c1csc(C)c1. The summed E-state index contributed by atoms with van der Waals surface area (Å²) >= 11 is 1.80. The molecule has 2 aromatic heterocycles. The second-order valence-corrected chi connectivity index (χ2v) is 5.48. The topological polar surface area (TPSA) is 25.2 Å². The fourth-order valence-corrected chi connectivity index (χ4v) is 2.68. The van der Waals surface area contributed by atoms with Gasteiger partial charge in [0.2, 0.25) is 0 Å². The van der Waals surface area contributed by atoms with E-state index in [0.29, 0.717) is 0 Å². The Labute approximate surface area is 107 Å². The zero-order chi connectivity index (χ0) is 12.3. The second-order valence-electron chi connectivity index (χ2n) is 4.37. The van der Waals surface area contributed by atoms with Crippen molar-refractivity contribution in [1.29, 1.82) is 0 Å². The van der Waals surface area contributed by atoms with Gasteiger partial charge in [-0.25, -0.2) is 0 Å². The van der Waals surface area contributed by atoms with Crippen LogP contribution in [0.3, 0.4) is 0 Å². The molecule has 2 rings (SSSR count). The summed E-state index contributed by atoms with van der Waals surface area (Å²) in [5.41, 5.74) is 2.55. The minimum absolute atomic E-state index is 0.261. The molecule has 3 heteroatoms. The molecule has 0 amide bonds. The van der Waals surface area contributed by atoms with Gasteiger partial charge >= 0.3 is 0 Å². The molecule has 0 spiro atoms. The van der Waals surface area contributed by atoms with Crippen LogP contribution < -0.4 is 5.32 Å². The highest BCUT2D eigenvalue weighted by Crippen LogP contribution is 2.27. The van der Waals surface area contributed by atoms with E-state index in [1.165, 1.54) is 16.0 Å². The Hall–Kier alpha value is -1.06. The largest absolute Gasteiger partial charge is 0.469 e. The van der Waals surface area contributed by atoms with Crippen molar-refractivity contribution in [3.63, 3.8) is 0 Å². The lowest BCUT2D eigenvalue weighted by atomic mass is 10.0. The van der Waals surface area contributed by atoms with E-state index in [9.17, 15) is 0 Å². The Kier molecular flexibility index (Phi) is 4.02. The van der Waals surface area contributed by atoms with Gasteiger partial charge in [0.05, 0.1) is 12.3 Å². The maximum absolute atomic E-state index is 5.42. The lowest BCUT2D eigenvalue weighted by Crippen LogP contribution is -2.22. The summed E-state index contributed by atoms with van der Waals surface area (Å²) in [6, 6.07) is 4.62. The molecule has 2 nitrogen and oxygen atoms in total. The van der Waals surface area contributed by atoms with Crippen molar-refractivity contribution in [2.45, 2.75) is 33.2 Å². The summed E-state index contributed by atoms with van der Waals surface area (Å²) in [4.78, 5) is 1.35. The predicted molar refractivity (Wildman–Crippen MR) is 72.6 cm³/mol. The van der Waals surface area contributed by atoms with Crippen LogP contribution in [0.1, 0.15) is 41.2 Å². The van der Waals surface area contributed by atoms with Crippen LogP contribution in [-0.4, -0.2) is 6.54 Å². The van der Waals surface area contributed by atoms with Crippen LogP contribution in [-0.2, 0) is 0 Å². The summed E-state index contributed by atoms with van der Waals surface area (Å²) in [6.45, 7) is 7.33. The first-order valence-corrected chi connectivity index (χ1v) is 6.92. The molecule has 17 heavy (non-hydrogen) atoms. The number of aryl methyl sites for hydroxylation is 2. The van der Waals surface area contributed by atoms with Gasteiger partial charge < -0.3 is 9.73 Å². The predicted octanol–water partition coefficient (Wildman–Crippen LogP) is 4.05. The average molecular weight is 249 g/mol. The van der Waals surface area contributed by atoms with E-state index in [4.69, 9.17) is 4.42 Å². The maximum Gasteiger partial charge on any atom is 0.101 e. The third kappa shape index (κ3) is 2.99. The van der Waals surface area contributed by atoms with Gasteiger partial charge in [0, 0.05) is 10.4 Å². The zero-order valence-electron chi connectivity index (χ0n) is 10.6. The molecule has 0 aliphatic carbocycles. The molecular weight excluding hydrogens is 230 g/mol. The molecule has 0 radical (unpaired) electrons. The van der Waals surface area contributed by atoms with E-state index < -0.39 is 0 Å². The molecule has 0 saturated carbocycles. The molecule has 2 heterocycles. The van der Waals surface area contributed by atoms with Crippen molar-refractivity contribution in [2.75, 3.05) is 6.54 Å². The fourth-order valence-electron chi connectivity index (χ4n) is 1.95. The van der Waals surface area contributed by atoms with E-state index in [1.54, 1.807) is 11.3 Å². The molecule has 1 N–H and O–H groups in total.